The van der Waals surface area contributed by atoms with Gasteiger partial charge in [-0.25, -0.2) is 13.2 Å². The number of anilines is 1. The Balaban J connectivity index is 1.66. The van der Waals surface area contributed by atoms with E-state index in [0.29, 0.717) is 16.3 Å². The number of nitrogens with one attached hydrogen (secondary N) is 1. The highest BCUT2D eigenvalue weighted by Crippen LogP contribution is 2.35. The maximum Gasteiger partial charge on any atom is 0.281 e. The summed E-state index contributed by atoms with van der Waals surface area (Å²) in [4.78, 5) is 12.5. The molecule has 2 N–H and O–H groups in total. The maximum atomic E-state index is 13.9. The van der Waals surface area contributed by atoms with E-state index in [9.17, 15) is 32.0 Å². The zero-order valence-corrected chi connectivity index (χ0v) is 16.8. The Bertz CT molecular complexity index is 1220. The highest BCUT2D eigenvalue weighted by Gasteiger charge is 2.32. The number of hydrogen-bond donors (Lipinski definition) is 2. The third kappa shape index (κ3) is 3.80. The molecule has 0 fully saturated rings. The molecule has 4 rings (SSSR count). The molecule has 3 aromatic carbocycles. The number of nitrogens with zero attached hydrogens (tertiary/aromatic N) is 1. The van der Waals surface area contributed by atoms with E-state index in [2.05, 4.69) is 5.32 Å². The number of hydroxylamine groups is 2. The van der Waals surface area contributed by atoms with E-state index in [1.54, 1.807) is 18.2 Å². The molecule has 6 nitrogen and oxygen atoms in total. The minimum atomic E-state index is -2.30. The summed E-state index contributed by atoms with van der Waals surface area (Å²) in [5.74, 6) is -12.7. The lowest BCUT2D eigenvalue weighted by atomic mass is 10.0. The number of fused-ring (bicyclic) bond motifs is 1. The molecule has 0 aromatic heterocycles. The van der Waals surface area contributed by atoms with Crippen LogP contribution in [0.2, 0.25) is 0 Å². The molecule has 0 bridgehead atoms. The van der Waals surface area contributed by atoms with Gasteiger partial charge >= 0.3 is 0 Å². The smallest absolute Gasteiger partial charge is 0.281 e. The van der Waals surface area contributed by atoms with E-state index in [4.69, 9.17) is 9.47 Å². The third-order valence-corrected chi connectivity index (χ3v) is 5.06. The van der Waals surface area contributed by atoms with Crippen molar-refractivity contribution in [2.45, 2.75) is 12.8 Å². The largest absolute Gasteiger partial charge is 0.496 e. The van der Waals surface area contributed by atoms with Crippen LogP contribution in [0, 0.1) is 29.1 Å². The Hall–Kier alpha value is -3.86. The number of para-hydroxylation sites is 1. The first-order chi connectivity index (χ1) is 15.7. The summed E-state index contributed by atoms with van der Waals surface area (Å²) < 4.78 is 78.1. The van der Waals surface area contributed by atoms with Crippen molar-refractivity contribution in [2.24, 2.45) is 0 Å². The average Bonchev–Trinajstić information content (AvgIpc) is 2.83. The Morgan fingerprint density at radius 3 is 2.27 bits per heavy atom. The predicted molar refractivity (Wildman–Crippen MR) is 104 cm³/mol. The monoisotopic (exact) mass is 466 g/mol. The first-order valence-corrected chi connectivity index (χ1v) is 9.43. The lowest BCUT2D eigenvalue weighted by molar-refractivity contribution is -0.0851. The minimum Gasteiger partial charge on any atom is -0.496 e. The Morgan fingerprint density at radius 2 is 1.61 bits per heavy atom. The fourth-order valence-corrected chi connectivity index (χ4v) is 3.41. The van der Waals surface area contributed by atoms with Crippen molar-refractivity contribution in [1.29, 1.82) is 0 Å². The summed E-state index contributed by atoms with van der Waals surface area (Å²) in [5, 5.41) is 13.8. The molecule has 1 heterocycles. The topological polar surface area (TPSA) is 71.0 Å². The van der Waals surface area contributed by atoms with E-state index in [1.165, 1.54) is 31.4 Å². The number of rotatable bonds is 5. The van der Waals surface area contributed by atoms with Crippen LogP contribution >= 0.6 is 0 Å². The van der Waals surface area contributed by atoms with Gasteiger partial charge in [0.2, 0.25) is 29.1 Å². The second-order valence-corrected chi connectivity index (χ2v) is 7.00. The van der Waals surface area contributed by atoms with Crippen LogP contribution in [0.3, 0.4) is 0 Å². The van der Waals surface area contributed by atoms with Gasteiger partial charge in [0.15, 0.2) is 11.9 Å². The summed E-state index contributed by atoms with van der Waals surface area (Å²) in [6.07, 6.45) is -1.04. The van der Waals surface area contributed by atoms with Crippen molar-refractivity contribution < 1.29 is 41.4 Å². The number of amides is 1. The van der Waals surface area contributed by atoms with Crippen LogP contribution in [0.15, 0.2) is 42.5 Å². The van der Waals surface area contributed by atoms with Gasteiger partial charge in [-0.1, -0.05) is 18.2 Å². The zero-order valence-electron chi connectivity index (χ0n) is 16.8. The molecule has 0 saturated heterocycles. The Morgan fingerprint density at radius 1 is 0.970 bits per heavy atom. The maximum absolute atomic E-state index is 13.9. The minimum absolute atomic E-state index is 0.153. The number of methoxy groups -OCH3 is 1. The highest BCUT2D eigenvalue weighted by molar-refractivity contribution is 6.01. The van der Waals surface area contributed by atoms with Crippen molar-refractivity contribution in [1.82, 2.24) is 5.06 Å². The molecule has 0 spiro atoms. The molecular formula is C22H15F5N2O4. The van der Waals surface area contributed by atoms with Crippen LogP contribution in [0.5, 0.6) is 11.5 Å². The summed E-state index contributed by atoms with van der Waals surface area (Å²) in [5.41, 5.74) is 1.20. The first kappa shape index (κ1) is 22.3. The standard InChI is InChI=1S/C22H15F5N2O4/c1-32-14-7-6-10(21-28-13-5-3-2-4-12(13)22(30)29(21)31)8-11(14)9-33-20-18(26)16(24)15(23)17(25)19(20)27/h2-8,21,28,31H,9H2,1H3/t21-/m1/s1. The van der Waals surface area contributed by atoms with Gasteiger partial charge in [0, 0.05) is 11.3 Å². The normalized spacial score (nSPS) is 15.2. The van der Waals surface area contributed by atoms with E-state index >= 15 is 0 Å². The van der Waals surface area contributed by atoms with Crippen molar-refractivity contribution >= 4 is 11.6 Å². The number of ether oxygens (including phenoxy) is 2. The quantitative estimate of drug-likeness (QED) is 0.242. The molecule has 1 aliphatic heterocycles. The van der Waals surface area contributed by atoms with Crippen LogP contribution in [0.4, 0.5) is 27.6 Å². The lowest BCUT2D eigenvalue weighted by Gasteiger charge is -2.33. The number of benzene rings is 3. The van der Waals surface area contributed by atoms with Gasteiger partial charge in [0.05, 0.1) is 12.7 Å². The van der Waals surface area contributed by atoms with Gasteiger partial charge < -0.3 is 14.8 Å². The average molecular weight is 466 g/mol. The SMILES string of the molecule is COc1ccc([C@@H]2Nc3ccccc3C(=O)N2O)cc1COc1c(F)c(F)c(F)c(F)c1F. The van der Waals surface area contributed by atoms with E-state index in [-0.39, 0.29) is 16.9 Å². The zero-order chi connectivity index (χ0) is 23.9. The fourth-order valence-electron chi connectivity index (χ4n) is 3.41. The second kappa shape index (κ2) is 8.58. The molecule has 0 unspecified atom stereocenters. The molecule has 0 aliphatic carbocycles. The van der Waals surface area contributed by atoms with E-state index < -0.39 is 53.5 Å². The molecule has 172 valence electrons. The fraction of sp³-hybridized carbons (Fsp3) is 0.136. The molecule has 3 aromatic rings. The van der Waals surface area contributed by atoms with Crippen molar-refractivity contribution in [3.8, 4) is 11.5 Å². The molecule has 0 radical (unpaired) electrons. The number of halogens is 5. The second-order valence-electron chi connectivity index (χ2n) is 7.00. The number of carbonyl (C=O) groups excluding carboxylic acids is 1. The van der Waals surface area contributed by atoms with Gasteiger partial charge in [-0.2, -0.15) is 13.8 Å². The summed E-state index contributed by atoms with van der Waals surface area (Å²) in [6.45, 7) is -0.641. The van der Waals surface area contributed by atoms with Gasteiger partial charge in [0.1, 0.15) is 12.4 Å². The van der Waals surface area contributed by atoms with Crippen molar-refractivity contribution in [3.63, 3.8) is 0 Å². The number of carbonyl (C=O) groups is 1. The first-order valence-electron chi connectivity index (χ1n) is 9.43. The van der Waals surface area contributed by atoms with Gasteiger partial charge in [-0.05, 0) is 29.8 Å². The van der Waals surface area contributed by atoms with Crippen LogP contribution in [0.1, 0.15) is 27.7 Å². The summed E-state index contributed by atoms with van der Waals surface area (Å²) >= 11 is 0. The summed E-state index contributed by atoms with van der Waals surface area (Å²) in [6, 6.07) is 10.9. The van der Waals surface area contributed by atoms with Gasteiger partial charge in [-0.15, -0.1) is 0 Å². The number of hydrogen-bond acceptors (Lipinski definition) is 5. The van der Waals surface area contributed by atoms with Crippen molar-refractivity contribution in [3.05, 3.63) is 88.2 Å². The highest BCUT2D eigenvalue weighted by atomic mass is 19.2. The predicted octanol–water partition coefficient (Wildman–Crippen LogP) is 4.93. The lowest BCUT2D eigenvalue weighted by Crippen LogP contribution is -2.40. The van der Waals surface area contributed by atoms with Gasteiger partial charge in [0.25, 0.3) is 5.91 Å². The van der Waals surface area contributed by atoms with E-state index in [1.807, 2.05) is 0 Å². The molecule has 1 aliphatic rings. The molecule has 1 amide bonds. The van der Waals surface area contributed by atoms with Crippen molar-refractivity contribution in [2.75, 3.05) is 12.4 Å². The van der Waals surface area contributed by atoms with Crippen LogP contribution in [0.25, 0.3) is 0 Å². The molecule has 0 saturated carbocycles. The molecule has 11 heteroatoms. The Kier molecular flexibility index (Phi) is 5.81. The van der Waals surface area contributed by atoms with Crippen LogP contribution in [-0.2, 0) is 6.61 Å². The molecule has 33 heavy (non-hydrogen) atoms. The van der Waals surface area contributed by atoms with Crippen LogP contribution in [-0.4, -0.2) is 23.3 Å². The van der Waals surface area contributed by atoms with E-state index in [0.717, 1.165) is 0 Å². The molecule has 1 atom stereocenters. The van der Waals surface area contributed by atoms with Gasteiger partial charge in [-0.3, -0.25) is 10.0 Å². The van der Waals surface area contributed by atoms with Crippen LogP contribution < -0.4 is 14.8 Å². The Labute approximate surface area is 183 Å². The third-order valence-electron chi connectivity index (χ3n) is 5.06. The molecular weight excluding hydrogens is 451 g/mol. The summed E-state index contributed by atoms with van der Waals surface area (Å²) in [7, 11) is 1.30.